The van der Waals surface area contributed by atoms with Gasteiger partial charge in [-0.05, 0) is 61.4 Å². The summed E-state index contributed by atoms with van der Waals surface area (Å²) < 4.78 is 0.897. The van der Waals surface area contributed by atoms with E-state index in [9.17, 15) is 9.59 Å². The quantitative estimate of drug-likeness (QED) is 0.333. The molecule has 0 aromatic heterocycles. The highest BCUT2D eigenvalue weighted by atomic mass is 79.9. The lowest BCUT2D eigenvalue weighted by Crippen LogP contribution is -2.42. The van der Waals surface area contributed by atoms with Crippen molar-refractivity contribution in [3.8, 4) is 0 Å². The summed E-state index contributed by atoms with van der Waals surface area (Å²) in [6, 6.07) is 27.7. The van der Waals surface area contributed by atoms with E-state index in [2.05, 4.69) is 45.5 Å². The van der Waals surface area contributed by atoms with Crippen LogP contribution in [0.5, 0.6) is 0 Å². The van der Waals surface area contributed by atoms with Gasteiger partial charge in [0.25, 0.3) is 0 Å². The number of amides is 3. The Hall–Kier alpha value is -3.12. The van der Waals surface area contributed by atoms with Gasteiger partial charge in [-0.3, -0.25) is 4.79 Å². The standard InChI is InChI=1S/C30H34BrN3O2/c1-23(26-11-6-3-7-12-26)34(30(36)32-28-14-8-13-27(31)22-28)20-17-29(35)33-18-15-25(16-19-33)21-24-9-4-2-5-10-24/h2-14,22-23,25H,15-21H2,1H3,(H,32,36). The van der Waals surface area contributed by atoms with Crippen LogP contribution in [0.2, 0.25) is 0 Å². The monoisotopic (exact) mass is 547 g/mol. The molecule has 188 valence electrons. The zero-order valence-electron chi connectivity index (χ0n) is 20.8. The lowest BCUT2D eigenvalue weighted by Gasteiger charge is -2.34. The van der Waals surface area contributed by atoms with E-state index >= 15 is 0 Å². The van der Waals surface area contributed by atoms with E-state index in [4.69, 9.17) is 0 Å². The third-order valence-corrected chi connectivity index (χ3v) is 7.48. The predicted molar refractivity (Wildman–Crippen MR) is 149 cm³/mol. The van der Waals surface area contributed by atoms with Gasteiger partial charge in [0.15, 0.2) is 0 Å². The molecule has 0 saturated carbocycles. The van der Waals surface area contributed by atoms with Gasteiger partial charge in [-0.25, -0.2) is 4.79 Å². The van der Waals surface area contributed by atoms with Gasteiger partial charge in [0, 0.05) is 36.2 Å². The Morgan fingerprint density at radius 3 is 2.31 bits per heavy atom. The first kappa shape index (κ1) is 26.0. The number of hydrogen-bond acceptors (Lipinski definition) is 2. The van der Waals surface area contributed by atoms with Crippen molar-refractivity contribution in [2.45, 2.75) is 38.6 Å². The predicted octanol–water partition coefficient (Wildman–Crippen LogP) is 6.92. The molecule has 4 rings (SSSR count). The number of benzene rings is 3. The van der Waals surface area contributed by atoms with Crippen LogP contribution in [0.1, 0.15) is 43.4 Å². The van der Waals surface area contributed by atoms with E-state index in [0.717, 1.165) is 42.4 Å². The average molecular weight is 549 g/mol. The van der Waals surface area contributed by atoms with Crippen LogP contribution in [0.3, 0.4) is 0 Å². The summed E-state index contributed by atoms with van der Waals surface area (Å²) in [6.45, 7) is 3.94. The van der Waals surface area contributed by atoms with Crippen molar-refractivity contribution in [3.05, 3.63) is 101 Å². The second-order valence-corrected chi connectivity index (χ2v) is 10.4. The Balaban J connectivity index is 1.35. The van der Waals surface area contributed by atoms with E-state index in [0.29, 0.717) is 24.6 Å². The fourth-order valence-corrected chi connectivity index (χ4v) is 5.25. The number of halogens is 1. The van der Waals surface area contributed by atoms with Gasteiger partial charge in [-0.2, -0.15) is 0 Å². The summed E-state index contributed by atoms with van der Waals surface area (Å²) in [5.74, 6) is 0.732. The highest BCUT2D eigenvalue weighted by molar-refractivity contribution is 9.10. The highest BCUT2D eigenvalue weighted by Gasteiger charge is 2.26. The van der Waals surface area contributed by atoms with Gasteiger partial charge in [0.05, 0.1) is 6.04 Å². The Kier molecular flexibility index (Phi) is 9.17. The number of piperidine rings is 1. The molecule has 1 unspecified atom stereocenters. The maximum absolute atomic E-state index is 13.3. The first-order chi connectivity index (χ1) is 17.5. The van der Waals surface area contributed by atoms with E-state index in [-0.39, 0.29) is 18.0 Å². The molecule has 0 aliphatic carbocycles. The van der Waals surface area contributed by atoms with Gasteiger partial charge in [0.2, 0.25) is 5.91 Å². The van der Waals surface area contributed by atoms with Crippen LogP contribution in [0.15, 0.2) is 89.4 Å². The molecule has 1 N–H and O–H groups in total. The maximum atomic E-state index is 13.3. The number of nitrogens with zero attached hydrogens (tertiary/aromatic N) is 2. The van der Waals surface area contributed by atoms with Crippen LogP contribution in [0.25, 0.3) is 0 Å². The van der Waals surface area contributed by atoms with Crippen LogP contribution in [-0.4, -0.2) is 41.4 Å². The smallest absolute Gasteiger partial charge is 0.322 e. The summed E-state index contributed by atoms with van der Waals surface area (Å²) in [4.78, 5) is 30.2. The molecule has 1 saturated heterocycles. The first-order valence-corrected chi connectivity index (χ1v) is 13.5. The van der Waals surface area contributed by atoms with Crippen molar-refractivity contribution in [1.29, 1.82) is 0 Å². The summed E-state index contributed by atoms with van der Waals surface area (Å²) in [6.07, 6.45) is 3.43. The zero-order chi connectivity index (χ0) is 25.3. The van der Waals surface area contributed by atoms with Crippen molar-refractivity contribution in [1.82, 2.24) is 9.80 Å². The molecule has 1 heterocycles. The molecule has 36 heavy (non-hydrogen) atoms. The lowest BCUT2D eigenvalue weighted by molar-refractivity contribution is -0.132. The van der Waals surface area contributed by atoms with Crippen molar-refractivity contribution in [2.75, 3.05) is 25.0 Å². The fraction of sp³-hybridized carbons (Fsp3) is 0.333. The average Bonchev–Trinajstić information content (AvgIpc) is 2.90. The number of hydrogen-bond donors (Lipinski definition) is 1. The highest BCUT2D eigenvalue weighted by Crippen LogP contribution is 2.25. The summed E-state index contributed by atoms with van der Waals surface area (Å²) >= 11 is 3.46. The Bertz CT molecular complexity index is 1130. The van der Waals surface area contributed by atoms with Gasteiger partial charge >= 0.3 is 6.03 Å². The van der Waals surface area contributed by atoms with E-state index in [1.165, 1.54) is 5.56 Å². The van der Waals surface area contributed by atoms with Crippen LogP contribution >= 0.6 is 15.9 Å². The van der Waals surface area contributed by atoms with Crippen molar-refractivity contribution in [3.63, 3.8) is 0 Å². The molecule has 5 nitrogen and oxygen atoms in total. The van der Waals surface area contributed by atoms with Crippen molar-refractivity contribution >= 4 is 33.6 Å². The Morgan fingerprint density at radius 2 is 1.64 bits per heavy atom. The molecule has 1 atom stereocenters. The molecule has 3 amide bonds. The fourth-order valence-electron chi connectivity index (χ4n) is 4.85. The molecular weight excluding hydrogens is 514 g/mol. The van der Waals surface area contributed by atoms with Crippen LogP contribution in [0.4, 0.5) is 10.5 Å². The molecule has 0 spiro atoms. The van der Waals surface area contributed by atoms with E-state index < -0.39 is 0 Å². The van der Waals surface area contributed by atoms with Gasteiger partial charge in [-0.1, -0.05) is 82.7 Å². The van der Waals surface area contributed by atoms with E-state index in [1.54, 1.807) is 4.90 Å². The summed E-state index contributed by atoms with van der Waals surface area (Å²) in [5.41, 5.74) is 3.12. The molecule has 1 aliphatic rings. The number of carbonyl (C=O) groups is 2. The first-order valence-electron chi connectivity index (χ1n) is 12.7. The molecule has 1 aliphatic heterocycles. The number of likely N-dealkylation sites (tertiary alicyclic amines) is 1. The number of anilines is 1. The normalized spacial score (nSPS) is 14.8. The number of nitrogens with one attached hydrogen (secondary N) is 1. The number of rotatable bonds is 8. The minimum absolute atomic E-state index is 0.119. The summed E-state index contributed by atoms with van der Waals surface area (Å²) in [5, 5.41) is 3.00. The van der Waals surface area contributed by atoms with E-state index in [1.807, 2.05) is 72.5 Å². The number of carbonyl (C=O) groups excluding carboxylic acids is 2. The minimum Gasteiger partial charge on any atom is -0.343 e. The molecule has 1 fully saturated rings. The molecule has 0 bridgehead atoms. The van der Waals surface area contributed by atoms with Gasteiger partial charge in [0.1, 0.15) is 0 Å². The number of urea groups is 1. The van der Waals surface area contributed by atoms with Crippen LogP contribution < -0.4 is 5.32 Å². The van der Waals surface area contributed by atoms with Crippen molar-refractivity contribution < 1.29 is 9.59 Å². The molecule has 3 aromatic rings. The van der Waals surface area contributed by atoms with Crippen molar-refractivity contribution in [2.24, 2.45) is 5.92 Å². The molecular formula is C30H34BrN3O2. The topological polar surface area (TPSA) is 52.7 Å². The molecule has 0 radical (unpaired) electrons. The van der Waals surface area contributed by atoms with Crippen LogP contribution in [-0.2, 0) is 11.2 Å². The summed E-state index contributed by atoms with van der Waals surface area (Å²) in [7, 11) is 0. The molecule has 3 aromatic carbocycles. The minimum atomic E-state index is -0.209. The Morgan fingerprint density at radius 1 is 0.972 bits per heavy atom. The lowest BCUT2D eigenvalue weighted by atomic mass is 9.90. The largest absolute Gasteiger partial charge is 0.343 e. The third-order valence-electron chi connectivity index (χ3n) is 6.99. The van der Waals surface area contributed by atoms with Gasteiger partial charge < -0.3 is 15.1 Å². The third kappa shape index (κ3) is 7.20. The maximum Gasteiger partial charge on any atom is 0.322 e. The van der Waals surface area contributed by atoms with Crippen LogP contribution in [0, 0.1) is 5.92 Å². The molecule has 6 heteroatoms. The van der Waals surface area contributed by atoms with Gasteiger partial charge in [-0.15, -0.1) is 0 Å². The SMILES string of the molecule is CC(c1ccccc1)N(CCC(=O)N1CCC(Cc2ccccc2)CC1)C(=O)Nc1cccc(Br)c1. The second kappa shape index (κ2) is 12.7. The Labute approximate surface area is 222 Å². The second-order valence-electron chi connectivity index (χ2n) is 9.48. The zero-order valence-corrected chi connectivity index (χ0v) is 22.4.